The molecule has 0 bridgehead atoms. The molecule has 2 aromatic heterocycles. The van der Waals surface area contributed by atoms with Gasteiger partial charge in [0.25, 0.3) is 5.91 Å². The molecule has 11 heteroatoms. The van der Waals surface area contributed by atoms with E-state index in [9.17, 15) is 22.4 Å². The fourth-order valence-corrected chi connectivity index (χ4v) is 5.31. The molecule has 0 saturated heterocycles. The summed E-state index contributed by atoms with van der Waals surface area (Å²) >= 11 is 1.21. The molecule has 38 heavy (non-hydrogen) atoms. The Bertz CT molecular complexity index is 1490. The van der Waals surface area contributed by atoms with Gasteiger partial charge in [0, 0.05) is 46.4 Å². The van der Waals surface area contributed by atoms with Gasteiger partial charge in [-0.1, -0.05) is 24.3 Å². The van der Waals surface area contributed by atoms with Gasteiger partial charge in [-0.15, -0.1) is 11.3 Å². The molecular formula is C27H25F4N5OS. The van der Waals surface area contributed by atoms with Crippen molar-refractivity contribution in [1.82, 2.24) is 19.8 Å². The molecule has 1 aliphatic rings. The fourth-order valence-electron chi connectivity index (χ4n) is 4.43. The van der Waals surface area contributed by atoms with Gasteiger partial charge >= 0.3 is 6.18 Å². The summed E-state index contributed by atoms with van der Waals surface area (Å²) in [5.41, 5.74) is 2.15. The molecule has 0 atom stereocenters. The van der Waals surface area contributed by atoms with Crippen LogP contribution in [-0.4, -0.2) is 46.7 Å². The van der Waals surface area contributed by atoms with E-state index in [1.165, 1.54) is 15.9 Å². The maximum absolute atomic E-state index is 14.6. The van der Waals surface area contributed by atoms with Crippen molar-refractivity contribution in [1.29, 1.82) is 0 Å². The van der Waals surface area contributed by atoms with Crippen LogP contribution in [0.5, 0.6) is 0 Å². The highest BCUT2D eigenvalue weighted by molar-refractivity contribution is 7.15. The van der Waals surface area contributed by atoms with Crippen molar-refractivity contribution in [3.8, 4) is 10.7 Å². The minimum atomic E-state index is -4.46. The number of anilines is 1. The van der Waals surface area contributed by atoms with Gasteiger partial charge in [-0.3, -0.25) is 9.69 Å². The molecule has 3 heterocycles. The zero-order valence-electron chi connectivity index (χ0n) is 20.5. The van der Waals surface area contributed by atoms with E-state index in [0.29, 0.717) is 56.4 Å². The van der Waals surface area contributed by atoms with Gasteiger partial charge < -0.3 is 15.2 Å². The molecule has 0 saturated carbocycles. The van der Waals surface area contributed by atoms with Crippen LogP contribution in [0.15, 0.2) is 72.3 Å². The summed E-state index contributed by atoms with van der Waals surface area (Å²) in [4.78, 5) is 19.3. The number of nitrogens with zero attached hydrogens (tertiary/aromatic N) is 3. The first-order valence-electron chi connectivity index (χ1n) is 12.0. The highest BCUT2D eigenvalue weighted by atomic mass is 32.1. The van der Waals surface area contributed by atoms with Gasteiger partial charge in [0.1, 0.15) is 17.4 Å². The van der Waals surface area contributed by atoms with E-state index >= 15 is 0 Å². The van der Waals surface area contributed by atoms with Crippen molar-refractivity contribution >= 4 is 33.8 Å². The molecule has 0 spiro atoms. The van der Waals surface area contributed by atoms with Crippen LogP contribution >= 0.6 is 11.3 Å². The minimum Gasteiger partial charge on any atom is -0.356 e. The van der Waals surface area contributed by atoms with Gasteiger partial charge in [-0.2, -0.15) is 13.2 Å². The molecule has 4 aromatic rings. The molecule has 198 valence electrons. The Labute approximate surface area is 220 Å². The second-order valence-corrected chi connectivity index (χ2v) is 10.3. The van der Waals surface area contributed by atoms with E-state index in [1.807, 2.05) is 18.0 Å². The molecule has 0 unspecified atom stereocenters. The Kier molecular flexibility index (Phi) is 7.22. The van der Waals surface area contributed by atoms with Crippen LogP contribution in [-0.2, 0) is 13.1 Å². The van der Waals surface area contributed by atoms with Gasteiger partial charge in [0.2, 0.25) is 0 Å². The molecule has 0 aliphatic carbocycles. The maximum atomic E-state index is 14.6. The summed E-state index contributed by atoms with van der Waals surface area (Å²) in [5.74, 6) is -0.536. The lowest BCUT2D eigenvalue weighted by Gasteiger charge is -2.24. The van der Waals surface area contributed by atoms with Gasteiger partial charge in [0.05, 0.1) is 24.3 Å². The lowest BCUT2D eigenvalue weighted by molar-refractivity contribution is -0.139. The normalized spacial score (nSPS) is 14.8. The number of aromatic nitrogens is 2. The predicted octanol–water partition coefficient (Wildman–Crippen LogP) is 6.19. The van der Waals surface area contributed by atoms with Crippen LogP contribution in [0.25, 0.3) is 21.6 Å². The van der Waals surface area contributed by atoms with E-state index in [2.05, 4.69) is 15.6 Å². The third kappa shape index (κ3) is 5.73. The minimum absolute atomic E-state index is 0.182. The van der Waals surface area contributed by atoms with Crippen LogP contribution < -0.4 is 10.6 Å². The number of fused-ring (bicyclic) bond motifs is 1. The first-order valence-corrected chi connectivity index (χ1v) is 12.8. The number of hydrogen-bond acceptors (Lipinski definition) is 5. The lowest BCUT2D eigenvalue weighted by Crippen LogP contribution is -2.28. The van der Waals surface area contributed by atoms with Crippen LogP contribution in [0.1, 0.15) is 21.7 Å². The Morgan fingerprint density at radius 1 is 1.13 bits per heavy atom. The number of nitrogens with one attached hydrogen (secondary N) is 2. The second kappa shape index (κ2) is 10.6. The number of benzene rings is 2. The molecule has 5 rings (SSSR count). The Morgan fingerprint density at radius 2 is 1.92 bits per heavy atom. The van der Waals surface area contributed by atoms with E-state index < -0.39 is 12.7 Å². The predicted molar refractivity (Wildman–Crippen MR) is 141 cm³/mol. The third-order valence-corrected chi connectivity index (χ3v) is 7.30. The zero-order chi connectivity index (χ0) is 26.9. The van der Waals surface area contributed by atoms with Gasteiger partial charge in [-0.25, -0.2) is 9.37 Å². The monoisotopic (exact) mass is 543 g/mol. The highest BCUT2D eigenvalue weighted by Crippen LogP contribution is 2.37. The fraction of sp³-hybridized carbons (Fsp3) is 0.259. The summed E-state index contributed by atoms with van der Waals surface area (Å²) in [6, 6.07) is 15.4. The molecule has 1 amide bonds. The smallest absolute Gasteiger partial charge is 0.356 e. The summed E-state index contributed by atoms with van der Waals surface area (Å²) in [7, 11) is 1.83. The third-order valence-electron chi connectivity index (χ3n) is 6.28. The van der Waals surface area contributed by atoms with Crippen LogP contribution in [0.2, 0.25) is 0 Å². The number of thiazole rings is 1. The van der Waals surface area contributed by atoms with Crippen LogP contribution in [0, 0.1) is 0 Å². The zero-order valence-corrected chi connectivity index (χ0v) is 21.3. The molecular weight excluding hydrogens is 518 g/mol. The first kappa shape index (κ1) is 25.9. The second-order valence-electron chi connectivity index (χ2n) is 9.15. The summed E-state index contributed by atoms with van der Waals surface area (Å²) in [6.07, 6.45) is -2.44. The topological polar surface area (TPSA) is 62.2 Å². The van der Waals surface area contributed by atoms with E-state index in [1.54, 1.807) is 54.7 Å². The standard InChI is InChI=1S/C27H25F4N5OS/c1-35-11-10-22(20(28)15-35)34-21-8-5-9-23-19(21)12-24(36(23)16-27(29,30)31)26-33-14-18(38-26)13-32-25(37)17-6-3-2-4-7-17/h2-9,12,14,34H,10-11,13,15-16H2,1H3,(H,32,37). The van der Waals surface area contributed by atoms with Crippen molar-refractivity contribution in [3.05, 3.63) is 82.8 Å². The average molecular weight is 544 g/mol. The van der Waals surface area contributed by atoms with Gasteiger partial charge in [0.15, 0.2) is 0 Å². The van der Waals surface area contributed by atoms with Crippen molar-refractivity contribution < 1.29 is 22.4 Å². The molecule has 0 fully saturated rings. The number of carbonyl (C=O) groups excluding carboxylic acids is 1. The molecule has 6 nitrogen and oxygen atoms in total. The number of likely N-dealkylation sites (N-methyl/N-ethyl adjacent to an activating group) is 1. The number of amides is 1. The SMILES string of the molecule is CN1CCC(Nc2cccc3c2cc(-c2ncc(CNC(=O)c4ccccc4)s2)n3CC(F)(F)F)=C(F)C1. The largest absolute Gasteiger partial charge is 0.406 e. The molecule has 1 aliphatic heterocycles. The Morgan fingerprint density at radius 3 is 2.66 bits per heavy atom. The van der Waals surface area contributed by atoms with Crippen molar-refractivity contribution in [3.63, 3.8) is 0 Å². The number of carbonyl (C=O) groups is 1. The van der Waals surface area contributed by atoms with Crippen LogP contribution in [0.4, 0.5) is 23.2 Å². The molecule has 2 N–H and O–H groups in total. The maximum Gasteiger partial charge on any atom is 0.406 e. The van der Waals surface area contributed by atoms with E-state index in [-0.39, 0.29) is 24.8 Å². The van der Waals surface area contributed by atoms with E-state index in [4.69, 9.17) is 0 Å². The van der Waals surface area contributed by atoms with E-state index in [0.717, 1.165) is 0 Å². The number of alkyl halides is 3. The summed E-state index contributed by atoms with van der Waals surface area (Å²) < 4.78 is 56.6. The Balaban J connectivity index is 1.46. The Hall–Kier alpha value is -3.70. The van der Waals surface area contributed by atoms with Gasteiger partial charge in [-0.05, 0) is 37.4 Å². The molecule has 0 radical (unpaired) electrons. The van der Waals surface area contributed by atoms with Crippen molar-refractivity contribution in [2.24, 2.45) is 0 Å². The van der Waals surface area contributed by atoms with Crippen molar-refractivity contribution in [2.45, 2.75) is 25.7 Å². The number of rotatable bonds is 7. The highest BCUT2D eigenvalue weighted by Gasteiger charge is 2.31. The van der Waals surface area contributed by atoms with Crippen molar-refractivity contribution in [2.75, 3.05) is 25.5 Å². The number of halogens is 4. The summed E-state index contributed by atoms with van der Waals surface area (Å²) in [5, 5.41) is 6.87. The van der Waals surface area contributed by atoms with Crippen LogP contribution in [0.3, 0.4) is 0 Å². The average Bonchev–Trinajstić information content (AvgIpc) is 3.49. The quantitative estimate of drug-likeness (QED) is 0.273. The first-order chi connectivity index (χ1) is 18.2. The lowest BCUT2D eigenvalue weighted by atomic mass is 10.1. The summed E-state index contributed by atoms with van der Waals surface area (Å²) in [6.45, 7) is -0.146. The number of hydrogen-bond donors (Lipinski definition) is 2. The molecule has 2 aromatic carbocycles.